The predicted octanol–water partition coefficient (Wildman–Crippen LogP) is 2.99. The molecule has 0 aromatic heterocycles. The van der Waals surface area contributed by atoms with Crippen molar-refractivity contribution in [1.82, 2.24) is 15.5 Å². The molecule has 0 radical (unpaired) electrons. The smallest absolute Gasteiger partial charge is 0.251 e. The molecule has 3 aliphatic rings. The van der Waals surface area contributed by atoms with E-state index in [4.69, 9.17) is 5.41 Å². The molecule has 172 valence electrons. The number of carbonyl (C=O) groups is 2. The van der Waals surface area contributed by atoms with Gasteiger partial charge in [0.15, 0.2) is 5.96 Å². The Balaban J connectivity index is 1.41. The minimum Gasteiger partial charge on any atom is -0.387 e. The maximum atomic E-state index is 13.2. The maximum Gasteiger partial charge on any atom is 0.251 e. The molecule has 2 aromatic carbocycles. The summed E-state index contributed by atoms with van der Waals surface area (Å²) in [5, 5.41) is 25.5. The van der Waals surface area contributed by atoms with Crippen molar-refractivity contribution in [3.63, 3.8) is 0 Å². The van der Waals surface area contributed by atoms with Crippen LogP contribution in [0.2, 0.25) is 0 Å². The lowest BCUT2D eigenvalue weighted by molar-refractivity contribution is -0.132. The topological polar surface area (TPSA) is 106 Å². The van der Waals surface area contributed by atoms with Crippen molar-refractivity contribution in [3.05, 3.63) is 70.3 Å². The molecule has 2 aromatic rings. The zero-order chi connectivity index (χ0) is 23.5. The molecule has 7 heteroatoms. The van der Waals surface area contributed by atoms with Gasteiger partial charge in [0.25, 0.3) is 5.91 Å². The zero-order valence-corrected chi connectivity index (χ0v) is 19.2. The summed E-state index contributed by atoms with van der Waals surface area (Å²) in [4.78, 5) is 27.7. The molecule has 4 N–H and O–H groups in total. The Kier molecular flexibility index (Phi) is 4.86. The quantitative estimate of drug-likeness (QED) is 0.582. The van der Waals surface area contributed by atoms with Crippen LogP contribution in [-0.4, -0.2) is 38.9 Å². The summed E-state index contributed by atoms with van der Waals surface area (Å²) in [6.45, 7) is 5.58. The summed E-state index contributed by atoms with van der Waals surface area (Å²) >= 11 is 0. The molecule has 0 spiro atoms. The third-order valence-electron chi connectivity index (χ3n) is 7.14. The second kappa shape index (κ2) is 7.42. The molecule has 3 atom stereocenters. The lowest BCUT2D eigenvalue weighted by Crippen LogP contribution is -2.60. The van der Waals surface area contributed by atoms with Crippen molar-refractivity contribution in [2.75, 3.05) is 0 Å². The van der Waals surface area contributed by atoms with Crippen molar-refractivity contribution >= 4 is 17.8 Å². The van der Waals surface area contributed by atoms with Crippen LogP contribution >= 0.6 is 0 Å². The van der Waals surface area contributed by atoms with Gasteiger partial charge in [-0.15, -0.1) is 0 Å². The molecule has 0 bridgehead atoms. The Morgan fingerprint density at radius 1 is 1.12 bits per heavy atom. The first kappa shape index (κ1) is 21.6. The minimum absolute atomic E-state index is 0.0740. The van der Waals surface area contributed by atoms with E-state index in [1.807, 2.05) is 50.2 Å². The first-order chi connectivity index (χ1) is 15.6. The van der Waals surface area contributed by atoms with Crippen LogP contribution < -0.4 is 10.6 Å². The molecule has 1 fully saturated rings. The van der Waals surface area contributed by atoms with E-state index in [9.17, 15) is 14.7 Å². The standard InChI is InChI=1S/C26H30N4O3/c1-25(2)14-21(31)30(24(27)29-25)20-11-10-15-8-9-16(12-19(15)20)23(32)28-22-18-7-5-4-6-17(18)13-26(22,3)33/h4-9,12,20,22,33H,10-11,13-14H2,1-3H3,(H2,27,29)(H,28,32)/t20-,22-,26+/m1/s1. The predicted molar refractivity (Wildman–Crippen MR) is 125 cm³/mol. The van der Waals surface area contributed by atoms with Crippen LogP contribution in [0.15, 0.2) is 42.5 Å². The van der Waals surface area contributed by atoms with E-state index in [2.05, 4.69) is 10.6 Å². The second-order valence-corrected chi connectivity index (χ2v) is 10.4. The molecule has 33 heavy (non-hydrogen) atoms. The second-order valence-electron chi connectivity index (χ2n) is 10.4. The molecule has 2 amide bonds. The summed E-state index contributed by atoms with van der Waals surface area (Å²) in [5.41, 5.74) is 2.98. The highest BCUT2D eigenvalue weighted by atomic mass is 16.3. The number of hydrogen-bond acceptors (Lipinski definition) is 4. The van der Waals surface area contributed by atoms with Crippen molar-refractivity contribution in [3.8, 4) is 0 Å². The fourth-order valence-corrected chi connectivity index (χ4v) is 5.58. The molecule has 0 saturated carbocycles. The summed E-state index contributed by atoms with van der Waals surface area (Å²) in [7, 11) is 0. The number of nitrogens with one attached hydrogen (secondary N) is 3. The number of amides is 2. The third kappa shape index (κ3) is 3.70. The summed E-state index contributed by atoms with van der Waals surface area (Å²) in [6.07, 6.45) is 2.33. The molecule has 1 heterocycles. The maximum absolute atomic E-state index is 13.2. The number of carbonyl (C=O) groups excluding carboxylic acids is 2. The number of rotatable bonds is 3. The van der Waals surface area contributed by atoms with Gasteiger partial charge in [-0.3, -0.25) is 19.9 Å². The van der Waals surface area contributed by atoms with Gasteiger partial charge < -0.3 is 15.7 Å². The molecule has 1 saturated heterocycles. The van der Waals surface area contributed by atoms with E-state index >= 15 is 0 Å². The molecular formula is C26H30N4O3. The Hall–Kier alpha value is -3.19. The van der Waals surface area contributed by atoms with Gasteiger partial charge >= 0.3 is 0 Å². The van der Waals surface area contributed by atoms with E-state index in [1.165, 1.54) is 4.90 Å². The van der Waals surface area contributed by atoms with E-state index in [0.29, 0.717) is 18.4 Å². The molecule has 5 rings (SSSR count). The monoisotopic (exact) mass is 446 g/mol. The van der Waals surface area contributed by atoms with Crippen LogP contribution in [0.25, 0.3) is 0 Å². The first-order valence-electron chi connectivity index (χ1n) is 11.5. The number of aryl methyl sites for hydroxylation is 1. The van der Waals surface area contributed by atoms with Gasteiger partial charge in [0.1, 0.15) is 0 Å². The Morgan fingerprint density at radius 2 is 1.88 bits per heavy atom. The normalized spacial score (nSPS) is 27.7. The number of aliphatic hydroxyl groups is 1. The highest BCUT2D eigenvalue weighted by molar-refractivity contribution is 6.00. The van der Waals surface area contributed by atoms with Gasteiger partial charge in [0, 0.05) is 23.9 Å². The summed E-state index contributed by atoms with van der Waals surface area (Å²) in [5.74, 6) is -0.220. The van der Waals surface area contributed by atoms with Gasteiger partial charge in [0.05, 0.1) is 17.7 Å². The van der Waals surface area contributed by atoms with Gasteiger partial charge in [-0.2, -0.15) is 0 Å². The van der Waals surface area contributed by atoms with Crippen molar-refractivity contribution in [2.45, 2.75) is 69.7 Å². The lowest BCUT2D eigenvalue weighted by Gasteiger charge is -2.41. The van der Waals surface area contributed by atoms with Crippen LogP contribution in [0.1, 0.15) is 78.3 Å². The largest absolute Gasteiger partial charge is 0.387 e. The molecule has 7 nitrogen and oxygen atoms in total. The van der Waals surface area contributed by atoms with Crippen LogP contribution in [-0.2, 0) is 17.6 Å². The van der Waals surface area contributed by atoms with Gasteiger partial charge in [-0.05, 0) is 68.0 Å². The molecule has 2 aliphatic carbocycles. The molecule has 1 aliphatic heterocycles. The fourth-order valence-electron chi connectivity index (χ4n) is 5.58. The lowest BCUT2D eigenvalue weighted by atomic mass is 9.95. The van der Waals surface area contributed by atoms with Crippen LogP contribution in [0.4, 0.5) is 0 Å². The third-order valence-corrected chi connectivity index (χ3v) is 7.14. The Morgan fingerprint density at radius 3 is 2.64 bits per heavy atom. The Bertz CT molecular complexity index is 1150. The van der Waals surface area contributed by atoms with Crippen molar-refractivity contribution < 1.29 is 14.7 Å². The van der Waals surface area contributed by atoms with E-state index in [-0.39, 0.29) is 23.8 Å². The summed E-state index contributed by atoms with van der Waals surface area (Å²) in [6, 6.07) is 12.6. The number of fused-ring (bicyclic) bond motifs is 2. The number of guanidine groups is 1. The first-order valence-corrected chi connectivity index (χ1v) is 11.5. The van der Waals surface area contributed by atoms with Crippen LogP contribution in [0, 0.1) is 5.41 Å². The number of nitrogens with zero attached hydrogens (tertiary/aromatic N) is 1. The van der Waals surface area contributed by atoms with Gasteiger partial charge in [-0.25, -0.2) is 0 Å². The minimum atomic E-state index is -1.06. The molecular weight excluding hydrogens is 416 g/mol. The summed E-state index contributed by atoms with van der Waals surface area (Å²) < 4.78 is 0. The fraction of sp³-hybridized carbons (Fsp3) is 0.423. The average molecular weight is 447 g/mol. The number of hydrogen-bond donors (Lipinski definition) is 4. The highest BCUT2D eigenvalue weighted by Gasteiger charge is 2.43. The van der Waals surface area contributed by atoms with Gasteiger partial charge in [-0.1, -0.05) is 30.3 Å². The van der Waals surface area contributed by atoms with Crippen molar-refractivity contribution in [1.29, 1.82) is 5.41 Å². The van der Waals surface area contributed by atoms with Crippen molar-refractivity contribution in [2.24, 2.45) is 0 Å². The number of benzene rings is 2. The van der Waals surface area contributed by atoms with Gasteiger partial charge in [0.2, 0.25) is 5.91 Å². The van der Waals surface area contributed by atoms with E-state index in [1.54, 1.807) is 13.0 Å². The molecule has 0 unspecified atom stereocenters. The van der Waals surface area contributed by atoms with E-state index in [0.717, 1.165) is 35.1 Å². The average Bonchev–Trinajstić information content (AvgIpc) is 3.24. The van der Waals surface area contributed by atoms with Crippen LogP contribution in [0.5, 0.6) is 0 Å². The van der Waals surface area contributed by atoms with Crippen LogP contribution in [0.3, 0.4) is 0 Å². The SMILES string of the molecule is CC1(C)CC(=O)N([C@@H]2CCc3ccc(C(=O)N[C@@H]4c5ccccc5C[C@]4(C)O)cc32)C(=N)N1. The highest BCUT2D eigenvalue weighted by Crippen LogP contribution is 2.40. The zero-order valence-electron chi connectivity index (χ0n) is 19.2. The van der Waals surface area contributed by atoms with E-state index < -0.39 is 17.2 Å². The Labute approximate surface area is 193 Å².